The number of thiophene rings is 1. The Bertz CT molecular complexity index is 1110. The molecular weight excluding hydrogens is 496 g/mol. The Hall–Kier alpha value is -3.11. The zero-order chi connectivity index (χ0) is 27.4. The summed E-state index contributed by atoms with van der Waals surface area (Å²) in [6, 6.07) is 8.45. The number of carbonyl (C=O) groups excluding carboxylic acids is 3. The highest BCUT2D eigenvalue weighted by atomic mass is 32.1. The second-order valence-electron chi connectivity index (χ2n) is 10.9. The second kappa shape index (κ2) is 11.5. The number of hydrogen-bond donors (Lipinski definition) is 2. The number of nitrogens with one attached hydrogen (secondary N) is 1. The fourth-order valence-electron chi connectivity index (χ4n) is 3.62. The van der Waals surface area contributed by atoms with Gasteiger partial charge in [0, 0.05) is 18.0 Å². The van der Waals surface area contributed by atoms with Crippen molar-refractivity contribution in [2.75, 3.05) is 19.7 Å². The Kier molecular flexibility index (Phi) is 8.86. The molecule has 0 spiro atoms. The number of benzene rings is 1. The van der Waals surface area contributed by atoms with Crippen LogP contribution in [0.5, 0.6) is 5.75 Å². The summed E-state index contributed by atoms with van der Waals surface area (Å²) in [7, 11) is 0. The van der Waals surface area contributed by atoms with Gasteiger partial charge in [-0.2, -0.15) is 0 Å². The molecule has 2 N–H and O–H groups in total. The number of nitrogens with zero attached hydrogens (tertiary/aromatic N) is 1. The van der Waals surface area contributed by atoms with Crippen LogP contribution in [-0.4, -0.2) is 58.9 Å². The molecule has 1 unspecified atom stereocenters. The molecule has 3 rings (SSSR count). The van der Waals surface area contributed by atoms with Crippen molar-refractivity contribution in [1.82, 2.24) is 10.2 Å². The van der Waals surface area contributed by atoms with Gasteiger partial charge in [0.15, 0.2) is 6.61 Å². The zero-order valence-corrected chi connectivity index (χ0v) is 23.1. The Morgan fingerprint density at radius 1 is 1.05 bits per heavy atom. The maximum absolute atomic E-state index is 12.7. The van der Waals surface area contributed by atoms with E-state index in [9.17, 15) is 19.5 Å². The summed E-state index contributed by atoms with van der Waals surface area (Å²) in [5.74, 6) is -0.276. The quantitative estimate of drug-likeness (QED) is 0.513. The van der Waals surface area contributed by atoms with Crippen molar-refractivity contribution in [3.05, 3.63) is 51.2 Å². The van der Waals surface area contributed by atoms with Crippen LogP contribution in [0.4, 0.5) is 4.79 Å². The van der Waals surface area contributed by atoms with Crippen molar-refractivity contribution in [2.24, 2.45) is 0 Å². The highest BCUT2D eigenvalue weighted by Crippen LogP contribution is 2.29. The maximum atomic E-state index is 12.7. The molecule has 1 aromatic carbocycles. The van der Waals surface area contributed by atoms with E-state index in [1.165, 1.54) is 11.3 Å². The van der Waals surface area contributed by atoms with Crippen molar-refractivity contribution in [3.63, 3.8) is 0 Å². The fourth-order valence-corrected chi connectivity index (χ4v) is 4.70. The first kappa shape index (κ1) is 28.5. The number of esters is 1. The maximum Gasteiger partial charge on any atom is 0.410 e. The Balaban J connectivity index is 1.49. The number of aliphatic hydroxyl groups excluding tert-OH is 1. The fraction of sp³-hybridized carbons (Fsp3) is 0.519. The molecule has 1 aliphatic rings. The molecule has 0 radical (unpaired) electrons. The van der Waals surface area contributed by atoms with Crippen molar-refractivity contribution < 1.29 is 33.7 Å². The van der Waals surface area contributed by atoms with E-state index in [-0.39, 0.29) is 25.2 Å². The topological polar surface area (TPSA) is 114 Å². The number of fused-ring (bicyclic) bond motifs is 1. The van der Waals surface area contributed by atoms with Gasteiger partial charge in [-0.3, -0.25) is 4.79 Å². The first-order chi connectivity index (χ1) is 17.2. The minimum Gasteiger partial charge on any atom is -0.482 e. The van der Waals surface area contributed by atoms with Crippen LogP contribution in [0, 0.1) is 0 Å². The third-order valence-corrected chi connectivity index (χ3v) is 6.48. The van der Waals surface area contributed by atoms with Crippen LogP contribution >= 0.6 is 11.3 Å². The monoisotopic (exact) mass is 532 g/mol. The minimum absolute atomic E-state index is 0.0313. The summed E-state index contributed by atoms with van der Waals surface area (Å²) in [4.78, 5) is 40.1. The number of ether oxygens (including phenoxy) is 3. The summed E-state index contributed by atoms with van der Waals surface area (Å²) in [6.45, 7) is 11.6. The van der Waals surface area contributed by atoms with Gasteiger partial charge in [-0.25, -0.2) is 9.59 Å². The molecule has 0 aliphatic carbocycles. The number of hydrogen-bond acceptors (Lipinski definition) is 8. The predicted octanol–water partition coefficient (Wildman–Crippen LogP) is 4.23. The van der Waals surface area contributed by atoms with Crippen molar-refractivity contribution >= 4 is 29.3 Å². The summed E-state index contributed by atoms with van der Waals surface area (Å²) in [5, 5.41) is 13.3. The third kappa shape index (κ3) is 8.75. The normalized spacial score (nSPS) is 14.4. The minimum atomic E-state index is -0.916. The molecule has 2 heterocycles. The van der Waals surface area contributed by atoms with Crippen molar-refractivity contribution in [1.29, 1.82) is 0 Å². The molecule has 0 saturated carbocycles. The Labute approximate surface area is 221 Å². The first-order valence-electron chi connectivity index (χ1n) is 12.2. The average Bonchev–Trinajstić information content (AvgIpc) is 3.23. The van der Waals surface area contributed by atoms with E-state index in [1.807, 2.05) is 20.8 Å². The van der Waals surface area contributed by atoms with Gasteiger partial charge in [-0.05, 0) is 77.3 Å². The number of rotatable bonds is 7. The first-order valence-corrected chi connectivity index (χ1v) is 13.0. The molecule has 1 aliphatic heterocycles. The molecule has 2 amide bonds. The van der Waals surface area contributed by atoms with Gasteiger partial charge in [-0.1, -0.05) is 12.1 Å². The van der Waals surface area contributed by atoms with Gasteiger partial charge in [0.25, 0.3) is 5.91 Å². The lowest BCUT2D eigenvalue weighted by Crippen LogP contribution is -2.39. The van der Waals surface area contributed by atoms with Gasteiger partial charge < -0.3 is 29.5 Å². The number of carbonyl (C=O) groups is 3. The highest BCUT2D eigenvalue weighted by molar-refractivity contribution is 7.14. The van der Waals surface area contributed by atoms with Crippen molar-refractivity contribution in [2.45, 2.75) is 71.8 Å². The van der Waals surface area contributed by atoms with Crippen LogP contribution in [0.3, 0.4) is 0 Å². The molecule has 0 fully saturated rings. The SMILES string of the molecule is CC(C)(C)OC(=O)COc1ccc(C(O)CNC(=O)c2cc3c(s2)CCN(C(=O)OC(C)(C)C)C3)cc1. The molecule has 202 valence electrons. The summed E-state index contributed by atoms with van der Waals surface area (Å²) in [5.41, 5.74) is 0.394. The molecular formula is C27H36N2O7S. The van der Waals surface area contributed by atoms with E-state index in [2.05, 4.69) is 5.32 Å². The standard InChI is InChI=1S/C27H36N2O7S/c1-26(2,3)35-23(31)16-34-19-9-7-17(8-10-19)20(30)14-28-24(32)22-13-18-15-29(12-11-21(18)37-22)25(33)36-27(4,5)6/h7-10,13,20,30H,11-12,14-16H2,1-6H3,(H,28,32). The lowest BCUT2D eigenvalue weighted by atomic mass is 10.1. The molecule has 1 aromatic heterocycles. The van der Waals surface area contributed by atoms with Gasteiger partial charge in [0.2, 0.25) is 0 Å². The lowest BCUT2D eigenvalue weighted by Gasteiger charge is -2.29. The zero-order valence-electron chi connectivity index (χ0n) is 22.3. The van der Waals surface area contributed by atoms with Crippen LogP contribution in [0.1, 0.15) is 73.3 Å². The van der Waals surface area contributed by atoms with E-state index in [0.29, 0.717) is 35.7 Å². The third-order valence-electron chi connectivity index (χ3n) is 5.24. The highest BCUT2D eigenvalue weighted by Gasteiger charge is 2.28. The molecule has 10 heteroatoms. The molecule has 0 bridgehead atoms. The van der Waals surface area contributed by atoms with E-state index in [0.717, 1.165) is 10.4 Å². The van der Waals surface area contributed by atoms with E-state index >= 15 is 0 Å². The van der Waals surface area contributed by atoms with E-state index in [4.69, 9.17) is 14.2 Å². The summed E-state index contributed by atoms with van der Waals surface area (Å²) >= 11 is 1.40. The van der Waals surface area contributed by atoms with Crippen LogP contribution in [-0.2, 0) is 27.2 Å². The van der Waals surface area contributed by atoms with Gasteiger partial charge >= 0.3 is 12.1 Å². The van der Waals surface area contributed by atoms with Crippen LogP contribution in [0.15, 0.2) is 30.3 Å². The Morgan fingerprint density at radius 2 is 1.70 bits per heavy atom. The number of amides is 2. The molecule has 2 aromatic rings. The predicted molar refractivity (Wildman–Crippen MR) is 140 cm³/mol. The van der Waals surface area contributed by atoms with Gasteiger partial charge in [-0.15, -0.1) is 11.3 Å². The largest absolute Gasteiger partial charge is 0.482 e. The molecule has 1 atom stereocenters. The lowest BCUT2D eigenvalue weighted by molar-refractivity contribution is -0.157. The van der Waals surface area contributed by atoms with Crippen LogP contribution in [0.2, 0.25) is 0 Å². The van der Waals surface area contributed by atoms with Crippen molar-refractivity contribution in [3.8, 4) is 5.75 Å². The number of aliphatic hydroxyl groups is 1. The Morgan fingerprint density at radius 3 is 2.32 bits per heavy atom. The smallest absolute Gasteiger partial charge is 0.410 e. The van der Waals surface area contributed by atoms with Gasteiger partial charge in [0.05, 0.1) is 17.5 Å². The summed E-state index contributed by atoms with van der Waals surface area (Å²) in [6.07, 6.45) is -0.613. The second-order valence-corrected chi connectivity index (χ2v) is 12.0. The van der Waals surface area contributed by atoms with E-state index in [1.54, 1.807) is 56.0 Å². The molecule has 9 nitrogen and oxygen atoms in total. The van der Waals surface area contributed by atoms with Crippen LogP contribution in [0.25, 0.3) is 0 Å². The average molecular weight is 533 g/mol. The summed E-state index contributed by atoms with van der Waals surface area (Å²) < 4.78 is 16.1. The molecule has 0 saturated heterocycles. The molecule has 37 heavy (non-hydrogen) atoms. The van der Waals surface area contributed by atoms with E-state index < -0.39 is 23.3 Å². The van der Waals surface area contributed by atoms with Crippen LogP contribution < -0.4 is 10.1 Å². The van der Waals surface area contributed by atoms with Gasteiger partial charge in [0.1, 0.15) is 17.0 Å².